The molecule has 0 saturated heterocycles. The number of hydrogen-bond donors (Lipinski definition) is 1. The van der Waals surface area contributed by atoms with Gasteiger partial charge in [0.2, 0.25) is 0 Å². The summed E-state index contributed by atoms with van der Waals surface area (Å²) in [6.07, 6.45) is 0. The Morgan fingerprint density at radius 2 is 1.75 bits per heavy atom. The topological polar surface area (TPSA) is 20.7 Å². The van der Waals surface area contributed by atoms with Crippen molar-refractivity contribution in [3.8, 4) is 5.69 Å². The number of nitrogens with one attached hydrogen (secondary N) is 1. The maximum Gasteiger partial charge on any atom is 0.182 e. The highest BCUT2D eigenvalue weighted by molar-refractivity contribution is 9.10. The molecule has 2 nitrogen and oxygen atoms in total. The van der Waals surface area contributed by atoms with Crippen LogP contribution >= 0.6 is 51.3 Å². The van der Waals surface area contributed by atoms with Crippen molar-refractivity contribution in [1.29, 1.82) is 0 Å². The lowest BCUT2D eigenvalue weighted by Crippen LogP contribution is -1.94. The molecule has 0 atom stereocenters. The Labute approximate surface area is 137 Å². The van der Waals surface area contributed by atoms with Crippen LogP contribution in [0.25, 0.3) is 16.7 Å². The molecule has 0 saturated carbocycles. The Hall–Kier alpha value is -0.880. The molecule has 1 N–H and O–H groups in total. The fourth-order valence-corrected chi connectivity index (χ4v) is 3.19. The van der Waals surface area contributed by atoms with Gasteiger partial charge >= 0.3 is 0 Å². The van der Waals surface area contributed by atoms with Gasteiger partial charge in [-0.3, -0.25) is 4.57 Å². The third kappa shape index (κ3) is 2.39. The van der Waals surface area contributed by atoms with Crippen LogP contribution in [-0.4, -0.2) is 9.55 Å². The van der Waals surface area contributed by atoms with Crippen molar-refractivity contribution < 1.29 is 4.39 Å². The molecule has 2 aromatic carbocycles. The molecule has 0 spiro atoms. The minimum absolute atomic E-state index is 0.356. The van der Waals surface area contributed by atoms with E-state index in [1.54, 1.807) is 28.8 Å². The van der Waals surface area contributed by atoms with Crippen LogP contribution in [0.3, 0.4) is 0 Å². The molecule has 102 valence electrons. The summed E-state index contributed by atoms with van der Waals surface area (Å²) in [5.74, 6) is -0.356. The van der Waals surface area contributed by atoms with Crippen molar-refractivity contribution in [2.45, 2.75) is 0 Å². The third-order valence-corrected chi connectivity index (χ3v) is 4.16. The Balaban J connectivity index is 2.38. The summed E-state index contributed by atoms with van der Waals surface area (Å²) in [5.41, 5.74) is 2.06. The monoisotopic (exact) mass is 390 g/mol. The highest BCUT2D eigenvalue weighted by Crippen LogP contribution is 2.28. The first-order valence-corrected chi connectivity index (χ1v) is 7.47. The Kier molecular flexibility index (Phi) is 3.62. The van der Waals surface area contributed by atoms with Crippen LogP contribution in [0, 0.1) is 10.6 Å². The summed E-state index contributed by atoms with van der Waals surface area (Å²) in [7, 11) is 0. The van der Waals surface area contributed by atoms with E-state index < -0.39 is 0 Å². The molecule has 0 aliphatic carbocycles. The number of nitrogens with zero attached hydrogens (tertiary/aromatic N) is 1. The van der Waals surface area contributed by atoms with Gasteiger partial charge in [-0.2, -0.15) is 0 Å². The standard InChI is InChI=1S/C13H6BrCl2FN2S/c14-9-4-12-11(5-10(9)17)18-13(20)19(12)8-2-6(15)1-7(16)3-8/h1-5H,(H,18,20). The predicted molar refractivity (Wildman–Crippen MR) is 86.1 cm³/mol. The van der Waals surface area contributed by atoms with Gasteiger partial charge in [0.05, 0.1) is 21.2 Å². The first-order valence-electron chi connectivity index (χ1n) is 5.52. The minimum atomic E-state index is -0.356. The molecule has 0 unspecified atom stereocenters. The molecule has 0 amide bonds. The molecule has 0 fully saturated rings. The Morgan fingerprint density at radius 1 is 1.10 bits per heavy atom. The molecular weight excluding hydrogens is 386 g/mol. The van der Waals surface area contributed by atoms with Gasteiger partial charge in [-0.05, 0) is 52.4 Å². The lowest BCUT2D eigenvalue weighted by atomic mass is 10.2. The van der Waals surface area contributed by atoms with E-state index in [4.69, 9.17) is 35.4 Å². The lowest BCUT2D eigenvalue weighted by molar-refractivity contribution is 0.623. The van der Waals surface area contributed by atoms with Crippen molar-refractivity contribution in [2.75, 3.05) is 0 Å². The average molecular weight is 392 g/mol. The first-order chi connectivity index (χ1) is 9.45. The molecule has 0 radical (unpaired) electrons. The summed E-state index contributed by atoms with van der Waals surface area (Å²) < 4.78 is 16.1. The van der Waals surface area contributed by atoms with Crippen molar-refractivity contribution in [1.82, 2.24) is 9.55 Å². The first kappa shape index (κ1) is 14.1. The van der Waals surface area contributed by atoms with Crippen molar-refractivity contribution in [3.63, 3.8) is 0 Å². The summed E-state index contributed by atoms with van der Waals surface area (Å²) >= 11 is 20.5. The summed E-state index contributed by atoms with van der Waals surface area (Å²) in [6, 6.07) is 8.17. The number of benzene rings is 2. The number of halogens is 4. The van der Waals surface area contributed by atoms with Crippen molar-refractivity contribution >= 4 is 62.4 Å². The van der Waals surface area contributed by atoms with Gasteiger partial charge < -0.3 is 4.98 Å². The Bertz CT molecular complexity index is 868. The third-order valence-electron chi connectivity index (χ3n) is 2.83. The highest BCUT2D eigenvalue weighted by Gasteiger charge is 2.11. The molecular formula is C13H6BrCl2FN2S. The van der Waals surface area contributed by atoms with Crippen LogP contribution in [0.1, 0.15) is 0 Å². The number of rotatable bonds is 1. The zero-order valence-electron chi connectivity index (χ0n) is 9.75. The zero-order chi connectivity index (χ0) is 14.4. The van der Waals surface area contributed by atoms with Crippen LogP contribution in [-0.2, 0) is 0 Å². The average Bonchev–Trinajstić information content (AvgIpc) is 2.64. The van der Waals surface area contributed by atoms with E-state index in [0.717, 1.165) is 11.2 Å². The van der Waals surface area contributed by atoms with Crippen molar-refractivity contribution in [2.24, 2.45) is 0 Å². The fourth-order valence-electron chi connectivity index (χ4n) is 2.03. The summed E-state index contributed by atoms with van der Waals surface area (Å²) in [6.45, 7) is 0. The molecule has 3 rings (SSSR count). The van der Waals surface area contributed by atoms with Crippen LogP contribution in [0.5, 0.6) is 0 Å². The largest absolute Gasteiger partial charge is 0.330 e. The number of fused-ring (bicyclic) bond motifs is 1. The molecule has 0 bridgehead atoms. The quantitative estimate of drug-likeness (QED) is 0.512. The number of imidazole rings is 1. The van der Waals surface area contributed by atoms with Gasteiger partial charge in [-0.1, -0.05) is 23.2 Å². The molecule has 0 aliphatic rings. The molecule has 20 heavy (non-hydrogen) atoms. The van der Waals surface area contributed by atoms with Gasteiger partial charge in [0, 0.05) is 16.1 Å². The Morgan fingerprint density at radius 3 is 2.40 bits per heavy atom. The number of aromatic nitrogens is 2. The number of aromatic amines is 1. The molecule has 3 aromatic rings. The van der Waals surface area contributed by atoms with E-state index >= 15 is 0 Å². The van der Waals surface area contributed by atoms with E-state index in [-0.39, 0.29) is 5.82 Å². The molecule has 7 heteroatoms. The van der Waals surface area contributed by atoms with E-state index in [2.05, 4.69) is 20.9 Å². The smallest absolute Gasteiger partial charge is 0.182 e. The van der Waals surface area contributed by atoms with E-state index in [9.17, 15) is 4.39 Å². The lowest BCUT2D eigenvalue weighted by Gasteiger charge is -2.06. The maximum absolute atomic E-state index is 13.6. The van der Waals surface area contributed by atoms with E-state index in [1.165, 1.54) is 6.07 Å². The van der Waals surface area contributed by atoms with Gasteiger partial charge in [0.25, 0.3) is 0 Å². The van der Waals surface area contributed by atoms with Gasteiger partial charge in [0.15, 0.2) is 4.77 Å². The number of H-pyrrole nitrogens is 1. The van der Waals surface area contributed by atoms with E-state index in [0.29, 0.717) is 24.8 Å². The second-order valence-electron chi connectivity index (χ2n) is 4.18. The molecule has 1 heterocycles. The summed E-state index contributed by atoms with van der Waals surface area (Å²) in [5, 5.41) is 1.01. The van der Waals surface area contributed by atoms with Gasteiger partial charge in [0.1, 0.15) is 5.82 Å². The van der Waals surface area contributed by atoms with E-state index in [1.807, 2.05) is 0 Å². The second kappa shape index (κ2) is 5.15. The van der Waals surface area contributed by atoms with Crippen LogP contribution < -0.4 is 0 Å². The zero-order valence-corrected chi connectivity index (χ0v) is 13.7. The normalized spacial score (nSPS) is 11.2. The summed E-state index contributed by atoms with van der Waals surface area (Å²) in [4.78, 5) is 2.96. The minimum Gasteiger partial charge on any atom is -0.330 e. The maximum atomic E-state index is 13.6. The van der Waals surface area contributed by atoms with Crippen LogP contribution in [0.15, 0.2) is 34.8 Å². The predicted octanol–water partition coefficient (Wildman–Crippen LogP) is 5.90. The van der Waals surface area contributed by atoms with Gasteiger partial charge in [-0.15, -0.1) is 0 Å². The molecule has 1 aromatic heterocycles. The number of hydrogen-bond acceptors (Lipinski definition) is 1. The second-order valence-corrected chi connectivity index (χ2v) is 6.29. The molecule has 0 aliphatic heterocycles. The SMILES string of the molecule is Fc1cc2[nH]c(=S)n(-c3cc(Cl)cc(Cl)c3)c2cc1Br. The van der Waals surface area contributed by atoms with Crippen molar-refractivity contribution in [3.05, 3.63) is 55.4 Å². The van der Waals surface area contributed by atoms with Crippen LogP contribution in [0.4, 0.5) is 4.39 Å². The van der Waals surface area contributed by atoms with Gasteiger partial charge in [-0.25, -0.2) is 4.39 Å². The highest BCUT2D eigenvalue weighted by atomic mass is 79.9. The van der Waals surface area contributed by atoms with Crippen LogP contribution in [0.2, 0.25) is 10.0 Å². The fraction of sp³-hybridized carbons (Fsp3) is 0.